The summed E-state index contributed by atoms with van der Waals surface area (Å²) in [4.78, 5) is 25.6. The molecule has 1 aliphatic heterocycles. The summed E-state index contributed by atoms with van der Waals surface area (Å²) in [7, 11) is -0.994. The second-order valence-electron chi connectivity index (χ2n) is 8.55. The number of esters is 1. The highest BCUT2D eigenvalue weighted by atomic mass is 32.2. The number of aryl methyl sites for hydroxylation is 1. The summed E-state index contributed by atoms with van der Waals surface area (Å²) in [5.41, 5.74) is 2.64. The van der Waals surface area contributed by atoms with Gasteiger partial charge in [-0.3, -0.25) is 4.90 Å². The van der Waals surface area contributed by atoms with Crippen molar-refractivity contribution in [2.24, 2.45) is 5.14 Å². The van der Waals surface area contributed by atoms with Crippen LogP contribution in [0.2, 0.25) is 0 Å². The average Bonchev–Trinajstić information content (AvgIpc) is 3.13. The Balaban J connectivity index is 1.57. The van der Waals surface area contributed by atoms with Crippen LogP contribution in [0.15, 0.2) is 30.7 Å². The molecule has 0 unspecified atom stereocenters. The van der Waals surface area contributed by atoms with Gasteiger partial charge >= 0.3 is 5.97 Å². The number of hydrogen-bond donors (Lipinski definition) is 1. The molecule has 0 amide bonds. The zero-order valence-electron chi connectivity index (χ0n) is 20.1. The molecule has 0 radical (unpaired) electrons. The Labute approximate surface area is 204 Å². The zero-order valence-corrected chi connectivity index (χ0v) is 20.9. The van der Waals surface area contributed by atoms with Crippen LogP contribution in [-0.2, 0) is 27.1 Å². The van der Waals surface area contributed by atoms with Crippen LogP contribution in [0.3, 0.4) is 0 Å². The third-order valence-corrected chi connectivity index (χ3v) is 6.86. The van der Waals surface area contributed by atoms with Gasteiger partial charge in [-0.25, -0.2) is 28.3 Å². The average molecular weight is 503 g/mol. The fraction of sp³-hybridized carbons (Fsp3) is 0.435. The monoisotopic (exact) mass is 502 g/mol. The molecule has 11 nitrogen and oxygen atoms in total. The van der Waals surface area contributed by atoms with Gasteiger partial charge in [0.15, 0.2) is 11.6 Å². The lowest BCUT2D eigenvalue weighted by molar-refractivity contribution is 0.0588. The SMILES string of the molecule is COC(=O)c1c(CCN2CCN(c3ncncc3OC)CC2)c2cc(C)ccc2n1CS(N)(=O)=O. The summed E-state index contributed by atoms with van der Waals surface area (Å²) >= 11 is 0. The molecule has 2 N–H and O–H groups in total. The number of aromatic nitrogens is 3. The predicted molar refractivity (Wildman–Crippen MR) is 132 cm³/mol. The third kappa shape index (κ3) is 5.39. The Bertz CT molecular complexity index is 1330. The van der Waals surface area contributed by atoms with Crippen LogP contribution in [0.1, 0.15) is 21.6 Å². The van der Waals surface area contributed by atoms with Gasteiger partial charge in [0.1, 0.15) is 17.9 Å². The van der Waals surface area contributed by atoms with E-state index >= 15 is 0 Å². The lowest BCUT2D eigenvalue weighted by Crippen LogP contribution is -2.47. The van der Waals surface area contributed by atoms with Crippen molar-refractivity contribution in [1.29, 1.82) is 0 Å². The minimum absolute atomic E-state index is 0.228. The van der Waals surface area contributed by atoms with Gasteiger partial charge in [0.2, 0.25) is 10.0 Å². The maximum atomic E-state index is 12.8. The van der Waals surface area contributed by atoms with Crippen molar-refractivity contribution in [1.82, 2.24) is 19.4 Å². The summed E-state index contributed by atoms with van der Waals surface area (Å²) in [6.07, 6.45) is 3.72. The summed E-state index contributed by atoms with van der Waals surface area (Å²) < 4.78 is 35.8. The standard InChI is InChI=1S/C23H30N6O5S/c1-16-4-5-19-18(12-16)17(21(23(30)34-3)29(19)15-35(24,31)32)6-7-27-8-10-28(11-9-27)22-20(33-2)13-25-14-26-22/h4-5,12-14H,6-11,15H2,1-3H3,(H2,24,31,32). The van der Waals surface area contributed by atoms with Crippen LogP contribution >= 0.6 is 0 Å². The largest absolute Gasteiger partial charge is 0.491 e. The molecule has 0 spiro atoms. The number of fused-ring (bicyclic) bond motifs is 1. The number of hydrogen-bond acceptors (Lipinski definition) is 9. The summed E-state index contributed by atoms with van der Waals surface area (Å²) in [6.45, 7) is 5.79. The minimum atomic E-state index is -3.88. The van der Waals surface area contributed by atoms with Crippen molar-refractivity contribution in [3.8, 4) is 5.75 Å². The second-order valence-corrected chi connectivity index (χ2v) is 10.1. The van der Waals surface area contributed by atoms with E-state index in [1.54, 1.807) is 13.3 Å². The van der Waals surface area contributed by atoms with E-state index in [0.29, 0.717) is 24.2 Å². The second kappa shape index (κ2) is 10.2. The third-order valence-electron chi connectivity index (χ3n) is 6.24. The predicted octanol–water partition coefficient (Wildman–Crippen LogP) is 1.15. The molecule has 1 saturated heterocycles. The molecule has 188 valence electrons. The number of rotatable bonds is 8. The Morgan fingerprint density at radius 3 is 2.57 bits per heavy atom. The first-order valence-corrected chi connectivity index (χ1v) is 12.9. The number of methoxy groups -OCH3 is 2. The zero-order chi connectivity index (χ0) is 25.2. The Kier molecular flexibility index (Phi) is 7.24. The highest BCUT2D eigenvalue weighted by molar-refractivity contribution is 7.88. The first kappa shape index (κ1) is 24.9. The number of carbonyl (C=O) groups is 1. The minimum Gasteiger partial charge on any atom is -0.491 e. The molecule has 2 aromatic heterocycles. The van der Waals surface area contributed by atoms with Gasteiger partial charge in [0, 0.05) is 38.1 Å². The van der Waals surface area contributed by atoms with E-state index < -0.39 is 21.9 Å². The smallest absolute Gasteiger partial charge is 0.355 e. The molecule has 0 aliphatic carbocycles. The lowest BCUT2D eigenvalue weighted by Gasteiger charge is -2.35. The van der Waals surface area contributed by atoms with Crippen LogP contribution in [0.5, 0.6) is 5.75 Å². The molecule has 1 fully saturated rings. The van der Waals surface area contributed by atoms with Gasteiger partial charge in [-0.2, -0.15) is 0 Å². The van der Waals surface area contributed by atoms with E-state index in [-0.39, 0.29) is 5.69 Å². The Morgan fingerprint density at radius 2 is 1.91 bits per heavy atom. The van der Waals surface area contributed by atoms with Gasteiger partial charge in [-0.15, -0.1) is 0 Å². The van der Waals surface area contributed by atoms with Gasteiger partial charge in [0.25, 0.3) is 0 Å². The molecule has 0 bridgehead atoms. The number of piperazine rings is 1. The van der Waals surface area contributed by atoms with Crippen molar-refractivity contribution < 1.29 is 22.7 Å². The number of anilines is 1. The summed E-state index contributed by atoms with van der Waals surface area (Å²) in [5.74, 6) is 0.327. The van der Waals surface area contributed by atoms with E-state index in [1.165, 1.54) is 18.0 Å². The van der Waals surface area contributed by atoms with Crippen molar-refractivity contribution in [3.05, 3.63) is 47.5 Å². The summed E-state index contributed by atoms with van der Waals surface area (Å²) in [6, 6.07) is 5.67. The van der Waals surface area contributed by atoms with Gasteiger partial charge in [0.05, 0.1) is 25.9 Å². The maximum absolute atomic E-state index is 12.8. The summed E-state index contributed by atoms with van der Waals surface area (Å²) in [5, 5.41) is 6.18. The molecule has 0 saturated carbocycles. The molecule has 35 heavy (non-hydrogen) atoms. The number of nitrogens with zero attached hydrogens (tertiary/aromatic N) is 5. The first-order valence-electron chi connectivity index (χ1n) is 11.2. The van der Waals surface area contributed by atoms with Crippen molar-refractivity contribution in [2.45, 2.75) is 19.2 Å². The van der Waals surface area contributed by atoms with E-state index in [1.807, 2.05) is 25.1 Å². The highest BCUT2D eigenvalue weighted by Crippen LogP contribution is 2.30. The number of nitrogens with two attached hydrogens (primary N) is 1. The molecule has 3 aromatic rings. The quantitative estimate of drug-likeness (QED) is 0.450. The Morgan fingerprint density at radius 1 is 1.17 bits per heavy atom. The fourth-order valence-electron chi connectivity index (χ4n) is 4.58. The molecule has 12 heteroatoms. The molecule has 0 atom stereocenters. The van der Waals surface area contributed by atoms with E-state index in [9.17, 15) is 13.2 Å². The topological polar surface area (TPSA) is 133 Å². The number of benzene rings is 1. The molecule has 1 aliphatic rings. The molecule has 3 heterocycles. The van der Waals surface area contributed by atoms with Gasteiger partial charge < -0.3 is 18.9 Å². The van der Waals surface area contributed by atoms with Crippen LogP contribution in [0.4, 0.5) is 5.82 Å². The van der Waals surface area contributed by atoms with Crippen molar-refractivity contribution in [2.75, 3.05) is 51.8 Å². The molecule has 4 rings (SSSR count). The molecular formula is C23H30N6O5S. The van der Waals surface area contributed by atoms with Gasteiger partial charge in [-0.1, -0.05) is 11.6 Å². The highest BCUT2D eigenvalue weighted by Gasteiger charge is 2.27. The Hall–Kier alpha value is -3.22. The van der Waals surface area contributed by atoms with Crippen LogP contribution in [0, 0.1) is 6.92 Å². The lowest BCUT2D eigenvalue weighted by atomic mass is 10.0. The number of ether oxygens (including phenoxy) is 2. The van der Waals surface area contributed by atoms with E-state index in [4.69, 9.17) is 14.6 Å². The van der Waals surface area contributed by atoms with E-state index in [0.717, 1.165) is 48.5 Å². The van der Waals surface area contributed by atoms with E-state index in [2.05, 4.69) is 19.8 Å². The number of primary sulfonamides is 1. The van der Waals surface area contributed by atoms with Crippen molar-refractivity contribution in [3.63, 3.8) is 0 Å². The number of sulfonamides is 1. The van der Waals surface area contributed by atoms with Gasteiger partial charge in [-0.05, 0) is 31.0 Å². The van der Waals surface area contributed by atoms with Crippen LogP contribution < -0.4 is 14.8 Å². The molecule has 1 aromatic carbocycles. The fourth-order valence-corrected chi connectivity index (χ4v) is 5.21. The maximum Gasteiger partial charge on any atom is 0.355 e. The van der Waals surface area contributed by atoms with Crippen LogP contribution in [0.25, 0.3) is 10.9 Å². The van der Waals surface area contributed by atoms with Crippen molar-refractivity contribution >= 4 is 32.7 Å². The van der Waals surface area contributed by atoms with Crippen LogP contribution in [-0.4, -0.2) is 80.8 Å². The number of carbonyl (C=O) groups excluding carboxylic acids is 1. The molecular weight excluding hydrogens is 472 g/mol. The first-order chi connectivity index (χ1) is 16.7. The normalized spacial score (nSPS) is 14.9.